The predicted molar refractivity (Wildman–Crippen MR) is 116 cm³/mol. The van der Waals surface area contributed by atoms with Crippen molar-refractivity contribution in [3.05, 3.63) is 54.2 Å². The Morgan fingerprint density at radius 1 is 1.22 bits per heavy atom. The molecule has 0 bridgehead atoms. The van der Waals surface area contributed by atoms with Gasteiger partial charge in [0.05, 0.1) is 23.1 Å². The van der Waals surface area contributed by atoms with E-state index in [0.29, 0.717) is 23.3 Å². The van der Waals surface area contributed by atoms with E-state index >= 15 is 0 Å². The van der Waals surface area contributed by atoms with Crippen molar-refractivity contribution >= 4 is 26.9 Å². The average Bonchev–Trinajstić information content (AvgIpc) is 3.35. The number of carboxylic acid groups (broad SMARTS) is 1. The van der Waals surface area contributed by atoms with Crippen molar-refractivity contribution in [1.29, 1.82) is 0 Å². The molecule has 0 radical (unpaired) electrons. The maximum Gasteiger partial charge on any atom is 0.344 e. The smallest absolute Gasteiger partial charge is 0.344 e. The van der Waals surface area contributed by atoms with Crippen molar-refractivity contribution in [3.8, 4) is 5.75 Å². The topological polar surface area (TPSA) is 102 Å². The van der Waals surface area contributed by atoms with Crippen LogP contribution < -0.4 is 4.74 Å². The van der Waals surface area contributed by atoms with Crippen LogP contribution in [0, 0.1) is 5.92 Å². The van der Waals surface area contributed by atoms with Crippen LogP contribution >= 0.6 is 0 Å². The van der Waals surface area contributed by atoms with Gasteiger partial charge in [0.2, 0.25) is 16.2 Å². The molecule has 10 heteroatoms. The highest BCUT2D eigenvalue weighted by Gasteiger charge is 2.40. The first kappa shape index (κ1) is 22.2. The Balaban J connectivity index is 1.66. The summed E-state index contributed by atoms with van der Waals surface area (Å²) in [6.45, 7) is 4.65. The number of halogens is 1. The Morgan fingerprint density at radius 2 is 1.91 bits per heavy atom. The van der Waals surface area contributed by atoms with Crippen LogP contribution in [0.1, 0.15) is 31.8 Å². The lowest BCUT2D eigenvalue weighted by atomic mass is 10.1. The Morgan fingerprint density at radius 3 is 2.56 bits per heavy atom. The molecule has 0 amide bonds. The van der Waals surface area contributed by atoms with E-state index in [9.17, 15) is 17.6 Å². The Bertz CT molecular complexity index is 1240. The summed E-state index contributed by atoms with van der Waals surface area (Å²) in [5.74, 6) is -1.14. The molecule has 0 spiro atoms. The third-order valence-corrected chi connectivity index (χ3v) is 7.57. The molecule has 0 aliphatic carbocycles. The van der Waals surface area contributed by atoms with Crippen molar-refractivity contribution in [3.63, 3.8) is 0 Å². The summed E-state index contributed by atoms with van der Waals surface area (Å²) in [5, 5.41) is 13.8. The number of aromatic nitrogens is 2. The summed E-state index contributed by atoms with van der Waals surface area (Å²) in [4.78, 5) is 11.4. The molecule has 1 saturated heterocycles. The number of carbonyl (C=O) groups is 1. The second-order valence-corrected chi connectivity index (χ2v) is 9.76. The van der Waals surface area contributed by atoms with Gasteiger partial charge in [0.25, 0.3) is 0 Å². The van der Waals surface area contributed by atoms with E-state index in [1.54, 1.807) is 41.1 Å². The second-order valence-electron chi connectivity index (χ2n) is 7.82. The van der Waals surface area contributed by atoms with Gasteiger partial charge in [0, 0.05) is 18.5 Å². The summed E-state index contributed by atoms with van der Waals surface area (Å²) >= 11 is 0. The fourth-order valence-electron chi connectivity index (χ4n) is 4.12. The molecule has 4 rings (SSSR count). The summed E-state index contributed by atoms with van der Waals surface area (Å²) in [5.41, 5.74) is 0.400. The second kappa shape index (κ2) is 8.51. The molecule has 8 nitrogen and oxygen atoms in total. The molecule has 1 aromatic heterocycles. The molecule has 2 aromatic carbocycles. The molecule has 1 N–H and O–H groups in total. The number of alkyl halides is 1. The van der Waals surface area contributed by atoms with E-state index in [2.05, 4.69) is 5.10 Å². The van der Waals surface area contributed by atoms with E-state index in [4.69, 9.17) is 9.84 Å². The van der Waals surface area contributed by atoms with Gasteiger partial charge in [-0.1, -0.05) is 25.1 Å². The van der Waals surface area contributed by atoms with Crippen LogP contribution in [-0.2, 0) is 14.8 Å². The molecule has 32 heavy (non-hydrogen) atoms. The Hall–Kier alpha value is -2.98. The molecule has 1 aliphatic rings. The number of carboxylic acids is 1. The minimum Gasteiger partial charge on any atom is -0.494 e. The van der Waals surface area contributed by atoms with E-state index in [1.807, 2.05) is 13.8 Å². The molecule has 1 aliphatic heterocycles. The van der Waals surface area contributed by atoms with Crippen LogP contribution in [-0.4, -0.2) is 53.3 Å². The monoisotopic (exact) mass is 461 g/mol. The minimum absolute atomic E-state index is 0.119. The fourth-order valence-corrected chi connectivity index (χ4v) is 5.67. The van der Waals surface area contributed by atoms with E-state index in [1.165, 1.54) is 16.4 Å². The zero-order chi connectivity index (χ0) is 23.0. The van der Waals surface area contributed by atoms with Crippen LogP contribution in [0.15, 0.2) is 53.4 Å². The molecule has 0 saturated carbocycles. The number of ether oxygens (including phenoxy) is 1. The van der Waals surface area contributed by atoms with Crippen molar-refractivity contribution in [2.45, 2.75) is 31.0 Å². The summed E-state index contributed by atoms with van der Waals surface area (Å²) in [6.07, 6.45) is -2.26. The first-order valence-corrected chi connectivity index (χ1v) is 11.7. The average molecular weight is 462 g/mol. The lowest BCUT2D eigenvalue weighted by Gasteiger charge is -2.18. The minimum atomic E-state index is -3.75. The third-order valence-electron chi connectivity index (χ3n) is 5.72. The van der Waals surface area contributed by atoms with Gasteiger partial charge in [-0.05, 0) is 43.2 Å². The highest BCUT2D eigenvalue weighted by Crippen LogP contribution is 2.36. The summed E-state index contributed by atoms with van der Waals surface area (Å²) < 4.78 is 49.1. The SMILES string of the molecule is CCOc1ccc(S(=O)(=O)N2C[C@@H](C)[C@@H](n3nc(C(F)C(=O)O)c4ccccc43)C2)cc1. The zero-order valence-corrected chi connectivity index (χ0v) is 18.5. The first-order valence-electron chi connectivity index (χ1n) is 10.3. The third kappa shape index (κ3) is 3.84. The molecule has 1 unspecified atom stereocenters. The Labute approximate surface area is 185 Å². The van der Waals surface area contributed by atoms with Gasteiger partial charge in [0.15, 0.2) is 0 Å². The largest absolute Gasteiger partial charge is 0.494 e. The first-order chi connectivity index (χ1) is 15.2. The number of rotatable bonds is 7. The molecular weight excluding hydrogens is 437 g/mol. The van der Waals surface area contributed by atoms with Gasteiger partial charge in [0.1, 0.15) is 11.4 Å². The van der Waals surface area contributed by atoms with Crippen molar-refractivity contribution in [1.82, 2.24) is 14.1 Å². The quantitative estimate of drug-likeness (QED) is 0.579. The molecule has 170 valence electrons. The van der Waals surface area contributed by atoms with Crippen molar-refractivity contribution in [2.75, 3.05) is 19.7 Å². The number of aliphatic carboxylic acids is 1. The highest BCUT2D eigenvalue weighted by molar-refractivity contribution is 7.89. The van der Waals surface area contributed by atoms with Crippen LogP contribution in [0.2, 0.25) is 0 Å². The number of hydrogen-bond donors (Lipinski definition) is 1. The fraction of sp³-hybridized carbons (Fsp3) is 0.364. The molecule has 3 atom stereocenters. The molecule has 3 aromatic rings. The molecule has 2 heterocycles. The van der Waals surface area contributed by atoms with Gasteiger partial charge in [-0.3, -0.25) is 4.68 Å². The van der Waals surface area contributed by atoms with Gasteiger partial charge < -0.3 is 9.84 Å². The van der Waals surface area contributed by atoms with Crippen molar-refractivity contribution in [2.24, 2.45) is 5.92 Å². The normalized spacial score (nSPS) is 20.5. The standard InChI is InChI=1S/C22H24FN3O5S/c1-3-31-15-8-10-16(11-9-15)32(29,30)25-12-14(2)19(13-25)26-18-7-5-4-6-17(18)21(24-26)20(23)22(27)28/h4-11,14,19-20H,3,12-13H2,1-2H3,(H,27,28)/t14-,19+,20?/m1/s1. The number of fused-ring (bicyclic) bond motifs is 1. The molecule has 1 fully saturated rings. The van der Waals surface area contributed by atoms with E-state index in [0.717, 1.165) is 0 Å². The maximum atomic E-state index is 14.4. The van der Waals surface area contributed by atoms with E-state index < -0.39 is 22.2 Å². The summed E-state index contributed by atoms with van der Waals surface area (Å²) in [6, 6.07) is 12.7. The number of nitrogens with zero attached hydrogens (tertiary/aromatic N) is 3. The van der Waals surface area contributed by atoms with Gasteiger partial charge in [-0.15, -0.1) is 0 Å². The molecular formula is C22H24FN3O5S. The maximum absolute atomic E-state index is 14.4. The number of sulfonamides is 1. The highest BCUT2D eigenvalue weighted by atomic mass is 32.2. The Kier molecular flexibility index (Phi) is 5.91. The van der Waals surface area contributed by atoms with Gasteiger partial charge in [-0.25, -0.2) is 17.6 Å². The predicted octanol–water partition coefficient (Wildman–Crippen LogP) is 3.41. The van der Waals surface area contributed by atoms with Crippen molar-refractivity contribution < 1.29 is 27.4 Å². The number of para-hydroxylation sites is 1. The lowest BCUT2D eigenvalue weighted by Crippen LogP contribution is -2.29. The lowest BCUT2D eigenvalue weighted by molar-refractivity contribution is -0.143. The van der Waals surface area contributed by atoms with E-state index in [-0.39, 0.29) is 35.6 Å². The van der Waals surface area contributed by atoms with Crippen LogP contribution in [0.5, 0.6) is 5.75 Å². The number of benzene rings is 2. The van der Waals surface area contributed by atoms with Crippen LogP contribution in [0.25, 0.3) is 10.9 Å². The van der Waals surface area contributed by atoms with Crippen LogP contribution in [0.3, 0.4) is 0 Å². The zero-order valence-electron chi connectivity index (χ0n) is 17.7. The van der Waals surface area contributed by atoms with Gasteiger partial charge >= 0.3 is 5.97 Å². The summed E-state index contributed by atoms with van der Waals surface area (Å²) in [7, 11) is -3.75. The van der Waals surface area contributed by atoms with Gasteiger partial charge in [-0.2, -0.15) is 9.40 Å². The van der Waals surface area contributed by atoms with Crippen LogP contribution in [0.4, 0.5) is 4.39 Å². The number of hydrogen-bond acceptors (Lipinski definition) is 5.